The van der Waals surface area contributed by atoms with Crippen LogP contribution in [-0.2, 0) is 0 Å². The zero-order chi connectivity index (χ0) is 21.2. The predicted molar refractivity (Wildman–Crippen MR) is 120 cm³/mol. The molecule has 0 aliphatic carbocycles. The van der Waals surface area contributed by atoms with Crippen LogP contribution in [0.2, 0.25) is 0 Å². The normalized spacial score (nSPS) is 10.7. The van der Waals surface area contributed by atoms with Crippen LogP contribution in [0.3, 0.4) is 0 Å². The molecule has 3 aromatic rings. The Balaban J connectivity index is 1.78. The second kappa shape index (κ2) is 11.1. The fraction of sp³-hybridized carbons (Fsp3) is 0.259. The molecule has 0 aromatic heterocycles. The van der Waals surface area contributed by atoms with E-state index in [1.807, 2.05) is 84.9 Å². The molecule has 0 atom stereocenters. The smallest absolute Gasteiger partial charge is 0.163 e. The number of ether oxygens (including phenoxy) is 1. The molecule has 0 heterocycles. The topological polar surface area (TPSA) is 43.4 Å². The van der Waals surface area contributed by atoms with E-state index in [1.165, 1.54) is 0 Å². The number of carbonyl (C=O) groups is 2. The minimum Gasteiger partial charge on any atom is -0.494 e. The SMILES string of the molecule is CCCCOc1ccc(C(CC(=O)c2ccccc2)CC(=O)c2ccccc2)cc1. The van der Waals surface area contributed by atoms with Gasteiger partial charge in [0.1, 0.15) is 5.75 Å². The third kappa shape index (κ3) is 6.15. The van der Waals surface area contributed by atoms with Gasteiger partial charge in [0.15, 0.2) is 11.6 Å². The summed E-state index contributed by atoms with van der Waals surface area (Å²) in [6.07, 6.45) is 2.68. The maximum atomic E-state index is 12.9. The van der Waals surface area contributed by atoms with Crippen molar-refractivity contribution in [2.24, 2.45) is 0 Å². The Kier molecular flexibility index (Phi) is 7.96. The number of ketones is 2. The van der Waals surface area contributed by atoms with Crippen molar-refractivity contribution in [1.29, 1.82) is 0 Å². The average Bonchev–Trinajstić information content (AvgIpc) is 2.80. The van der Waals surface area contributed by atoms with Gasteiger partial charge in [-0.15, -0.1) is 0 Å². The second-order valence-corrected chi connectivity index (χ2v) is 7.45. The molecule has 3 rings (SSSR count). The molecule has 154 valence electrons. The molecule has 0 aliphatic rings. The van der Waals surface area contributed by atoms with Crippen molar-refractivity contribution in [2.75, 3.05) is 6.61 Å². The quantitative estimate of drug-likeness (QED) is 0.273. The van der Waals surface area contributed by atoms with Gasteiger partial charge in [0.05, 0.1) is 6.61 Å². The maximum absolute atomic E-state index is 12.9. The van der Waals surface area contributed by atoms with Gasteiger partial charge in [-0.3, -0.25) is 9.59 Å². The first kappa shape index (κ1) is 21.5. The summed E-state index contributed by atoms with van der Waals surface area (Å²) in [5.41, 5.74) is 2.33. The minimum atomic E-state index is -0.185. The van der Waals surface area contributed by atoms with Crippen LogP contribution in [0.15, 0.2) is 84.9 Å². The highest BCUT2D eigenvalue weighted by atomic mass is 16.5. The van der Waals surface area contributed by atoms with E-state index in [1.54, 1.807) is 0 Å². The molecule has 0 fully saturated rings. The van der Waals surface area contributed by atoms with Crippen LogP contribution in [-0.4, -0.2) is 18.2 Å². The van der Waals surface area contributed by atoms with Crippen LogP contribution < -0.4 is 4.74 Å². The summed E-state index contributed by atoms with van der Waals surface area (Å²) >= 11 is 0. The standard InChI is InChI=1S/C27H28O3/c1-2-3-18-30-25-16-14-21(15-17-25)24(19-26(28)22-10-6-4-7-11-22)20-27(29)23-12-8-5-9-13-23/h4-17,24H,2-3,18-20H2,1H3. The number of unbranched alkanes of at least 4 members (excludes halogenated alkanes) is 1. The Hall–Kier alpha value is -3.20. The van der Waals surface area contributed by atoms with E-state index in [0.717, 1.165) is 24.2 Å². The minimum absolute atomic E-state index is 0.0461. The first-order valence-corrected chi connectivity index (χ1v) is 10.6. The van der Waals surface area contributed by atoms with E-state index in [-0.39, 0.29) is 17.5 Å². The molecule has 0 amide bonds. The van der Waals surface area contributed by atoms with E-state index in [2.05, 4.69) is 6.92 Å². The Morgan fingerprint density at radius 3 is 1.70 bits per heavy atom. The Morgan fingerprint density at radius 1 is 0.733 bits per heavy atom. The van der Waals surface area contributed by atoms with E-state index in [0.29, 0.717) is 30.6 Å². The first-order chi connectivity index (χ1) is 14.7. The van der Waals surface area contributed by atoms with Gasteiger partial charge in [-0.25, -0.2) is 0 Å². The Morgan fingerprint density at radius 2 is 1.23 bits per heavy atom. The fourth-order valence-corrected chi connectivity index (χ4v) is 3.41. The summed E-state index contributed by atoms with van der Waals surface area (Å²) in [4.78, 5) is 25.7. The molecule has 3 aromatic carbocycles. The summed E-state index contributed by atoms with van der Waals surface area (Å²) in [6, 6.07) is 26.3. The van der Waals surface area contributed by atoms with E-state index in [4.69, 9.17) is 4.74 Å². The van der Waals surface area contributed by atoms with Crippen LogP contribution in [0.25, 0.3) is 0 Å². The molecule has 0 saturated carbocycles. The van der Waals surface area contributed by atoms with Gasteiger partial charge in [-0.2, -0.15) is 0 Å². The van der Waals surface area contributed by atoms with Gasteiger partial charge in [0, 0.05) is 24.0 Å². The van der Waals surface area contributed by atoms with E-state index in [9.17, 15) is 9.59 Å². The molecular formula is C27H28O3. The molecule has 30 heavy (non-hydrogen) atoms. The highest BCUT2D eigenvalue weighted by Gasteiger charge is 2.21. The second-order valence-electron chi connectivity index (χ2n) is 7.45. The average molecular weight is 401 g/mol. The number of Topliss-reactive ketones (excluding diaryl/α,β-unsaturated/α-hetero) is 2. The zero-order valence-corrected chi connectivity index (χ0v) is 17.4. The number of hydrogen-bond donors (Lipinski definition) is 0. The van der Waals surface area contributed by atoms with Gasteiger partial charge in [-0.1, -0.05) is 86.1 Å². The maximum Gasteiger partial charge on any atom is 0.163 e. The van der Waals surface area contributed by atoms with Crippen LogP contribution in [0.4, 0.5) is 0 Å². The molecule has 0 bridgehead atoms. The van der Waals surface area contributed by atoms with Gasteiger partial charge >= 0.3 is 0 Å². The van der Waals surface area contributed by atoms with Crippen LogP contribution in [0.1, 0.15) is 64.8 Å². The third-order valence-electron chi connectivity index (χ3n) is 5.17. The molecule has 0 radical (unpaired) electrons. The van der Waals surface area contributed by atoms with Gasteiger partial charge < -0.3 is 4.74 Å². The van der Waals surface area contributed by atoms with Gasteiger partial charge in [0.25, 0.3) is 0 Å². The lowest BCUT2D eigenvalue weighted by molar-refractivity contribution is 0.0944. The lowest BCUT2D eigenvalue weighted by Crippen LogP contribution is -2.13. The Labute approximate surface area is 178 Å². The highest BCUT2D eigenvalue weighted by Crippen LogP contribution is 2.29. The predicted octanol–water partition coefficient (Wildman–Crippen LogP) is 6.50. The number of hydrogen-bond acceptors (Lipinski definition) is 3. The Bertz CT molecular complexity index is 877. The zero-order valence-electron chi connectivity index (χ0n) is 17.4. The third-order valence-corrected chi connectivity index (χ3v) is 5.17. The molecule has 0 spiro atoms. The van der Waals surface area contributed by atoms with Crippen molar-refractivity contribution in [1.82, 2.24) is 0 Å². The lowest BCUT2D eigenvalue weighted by atomic mass is 9.86. The fourth-order valence-electron chi connectivity index (χ4n) is 3.41. The molecule has 3 nitrogen and oxygen atoms in total. The summed E-state index contributed by atoms with van der Waals surface area (Å²) in [7, 11) is 0. The van der Waals surface area contributed by atoms with Crippen molar-refractivity contribution in [3.05, 3.63) is 102 Å². The molecule has 0 aliphatic heterocycles. The van der Waals surface area contributed by atoms with Crippen molar-refractivity contribution in [3.63, 3.8) is 0 Å². The van der Waals surface area contributed by atoms with Crippen LogP contribution >= 0.6 is 0 Å². The van der Waals surface area contributed by atoms with Crippen molar-refractivity contribution < 1.29 is 14.3 Å². The van der Waals surface area contributed by atoms with Gasteiger partial charge in [0.2, 0.25) is 0 Å². The highest BCUT2D eigenvalue weighted by molar-refractivity contribution is 5.99. The van der Waals surface area contributed by atoms with Crippen LogP contribution in [0, 0.1) is 0 Å². The molecule has 0 unspecified atom stereocenters. The van der Waals surface area contributed by atoms with Gasteiger partial charge in [-0.05, 0) is 30.0 Å². The van der Waals surface area contributed by atoms with E-state index >= 15 is 0 Å². The summed E-state index contributed by atoms with van der Waals surface area (Å²) in [6.45, 7) is 2.82. The molecule has 0 saturated heterocycles. The monoisotopic (exact) mass is 400 g/mol. The van der Waals surface area contributed by atoms with Crippen molar-refractivity contribution in [2.45, 2.75) is 38.5 Å². The molecular weight excluding hydrogens is 372 g/mol. The van der Waals surface area contributed by atoms with E-state index < -0.39 is 0 Å². The molecule has 0 N–H and O–H groups in total. The largest absolute Gasteiger partial charge is 0.494 e. The number of rotatable bonds is 11. The number of carbonyl (C=O) groups excluding carboxylic acids is 2. The first-order valence-electron chi connectivity index (χ1n) is 10.6. The van der Waals surface area contributed by atoms with Crippen molar-refractivity contribution in [3.8, 4) is 5.75 Å². The summed E-state index contributed by atoms with van der Waals surface area (Å²) < 4.78 is 5.75. The van der Waals surface area contributed by atoms with Crippen molar-refractivity contribution >= 4 is 11.6 Å². The summed E-state index contributed by atoms with van der Waals surface area (Å²) in [5.74, 6) is 0.722. The summed E-state index contributed by atoms with van der Waals surface area (Å²) in [5, 5.41) is 0. The number of benzene rings is 3. The lowest BCUT2D eigenvalue weighted by Gasteiger charge is -2.17. The molecule has 3 heteroatoms. The van der Waals surface area contributed by atoms with Crippen LogP contribution in [0.5, 0.6) is 5.75 Å².